The Kier molecular flexibility index (Phi) is 7.46. The number of aryl methyl sites for hydroxylation is 1. The maximum atomic E-state index is 12.1. The van der Waals surface area contributed by atoms with Crippen molar-refractivity contribution in [2.45, 2.75) is 6.92 Å². The van der Waals surface area contributed by atoms with Crippen LogP contribution < -0.4 is 20.9 Å². The molecule has 2 amide bonds. The molecule has 0 saturated heterocycles. The van der Waals surface area contributed by atoms with Crippen LogP contribution in [-0.4, -0.2) is 36.6 Å². The van der Waals surface area contributed by atoms with Crippen molar-refractivity contribution in [3.8, 4) is 5.75 Å². The van der Waals surface area contributed by atoms with Crippen LogP contribution in [-0.2, 0) is 9.53 Å². The minimum absolute atomic E-state index is 0.0917. The highest BCUT2D eigenvalue weighted by Crippen LogP contribution is 2.11. The number of hydrazine groups is 1. The largest absolute Gasteiger partial charge is 0.484 e. The van der Waals surface area contributed by atoms with Crippen molar-refractivity contribution in [1.29, 1.82) is 0 Å². The Bertz CT molecular complexity index is 883. The number of rotatable bonds is 5. The smallest absolute Gasteiger partial charge is 0.337 e. The molecule has 0 unspecified atom stereocenters. The molecule has 0 spiro atoms. The van der Waals surface area contributed by atoms with Crippen LogP contribution in [0.3, 0.4) is 0 Å². The van der Waals surface area contributed by atoms with E-state index in [1.807, 2.05) is 19.1 Å². The molecule has 0 fully saturated rings. The van der Waals surface area contributed by atoms with E-state index in [-0.39, 0.29) is 17.3 Å². The van der Waals surface area contributed by atoms with Gasteiger partial charge >= 0.3 is 5.97 Å². The van der Waals surface area contributed by atoms with Crippen LogP contribution in [0.1, 0.15) is 26.3 Å². The number of carbonyl (C=O) groups excluding carboxylic acids is 3. The van der Waals surface area contributed by atoms with Gasteiger partial charge in [0, 0.05) is 5.56 Å². The molecule has 0 aliphatic rings. The van der Waals surface area contributed by atoms with Gasteiger partial charge in [-0.05, 0) is 61.1 Å². The van der Waals surface area contributed by atoms with E-state index in [4.69, 9.17) is 17.0 Å². The van der Waals surface area contributed by atoms with E-state index >= 15 is 0 Å². The van der Waals surface area contributed by atoms with Crippen molar-refractivity contribution < 1.29 is 23.9 Å². The third kappa shape index (κ3) is 6.36. The molecule has 2 aromatic carbocycles. The Labute approximate surface area is 167 Å². The number of amides is 2. The summed E-state index contributed by atoms with van der Waals surface area (Å²) >= 11 is 4.96. The number of carbonyl (C=O) groups is 3. The highest BCUT2D eigenvalue weighted by atomic mass is 32.1. The molecule has 146 valence electrons. The van der Waals surface area contributed by atoms with E-state index < -0.39 is 17.8 Å². The summed E-state index contributed by atoms with van der Waals surface area (Å²) in [7, 11) is 1.27. The minimum Gasteiger partial charge on any atom is -0.484 e. The van der Waals surface area contributed by atoms with Crippen LogP contribution in [0, 0.1) is 6.92 Å². The van der Waals surface area contributed by atoms with Gasteiger partial charge in [0.2, 0.25) is 0 Å². The molecule has 8 nitrogen and oxygen atoms in total. The molecule has 0 aliphatic carbocycles. The van der Waals surface area contributed by atoms with E-state index in [1.165, 1.54) is 31.4 Å². The average molecular weight is 401 g/mol. The molecule has 0 saturated carbocycles. The van der Waals surface area contributed by atoms with Gasteiger partial charge in [0.05, 0.1) is 12.7 Å². The molecule has 0 heterocycles. The number of nitrogens with one attached hydrogen (secondary N) is 3. The van der Waals surface area contributed by atoms with Crippen molar-refractivity contribution in [1.82, 2.24) is 16.2 Å². The third-order valence-corrected chi connectivity index (χ3v) is 3.67. The van der Waals surface area contributed by atoms with Crippen LogP contribution in [0.5, 0.6) is 5.75 Å². The first-order chi connectivity index (χ1) is 13.4. The first-order valence-electron chi connectivity index (χ1n) is 8.17. The van der Waals surface area contributed by atoms with Crippen LogP contribution in [0.4, 0.5) is 0 Å². The van der Waals surface area contributed by atoms with Gasteiger partial charge in [-0.1, -0.05) is 12.1 Å². The zero-order valence-corrected chi connectivity index (χ0v) is 16.1. The molecule has 2 aromatic rings. The number of benzene rings is 2. The fourth-order valence-electron chi connectivity index (χ4n) is 2.10. The van der Waals surface area contributed by atoms with Gasteiger partial charge in [-0.15, -0.1) is 0 Å². The first-order valence-corrected chi connectivity index (χ1v) is 8.58. The van der Waals surface area contributed by atoms with Crippen LogP contribution >= 0.6 is 12.2 Å². The zero-order valence-electron chi connectivity index (χ0n) is 15.3. The van der Waals surface area contributed by atoms with Crippen LogP contribution in [0.25, 0.3) is 0 Å². The Morgan fingerprint density at radius 3 is 2.32 bits per heavy atom. The second kappa shape index (κ2) is 10.0. The maximum absolute atomic E-state index is 12.1. The summed E-state index contributed by atoms with van der Waals surface area (Å²) < 4.78 is 9.94. The molecule has 28 heavy (non-hydrogen) atoms. The molecule has 9 heteroatoms. The number of hydrogen-bond acceptors (Lipinski definition) is 6. The summed E-state index contributed by atoms with van der Waals surface area (Å²) in [6.07, 6.45) is 0. The standard InChI is InChI=1S/C19H19N3O5S/c1-12-4-3-5-15(10-12)27-11-16(23)21-22-19(28)20-17(24)13-6-8-14(9-7-13)18(25)26-2/h3-10H,11H2,1-2H3,(H,21,23)(H2,20,22,24,28). The van der Waals surface area contributed by atoms with E-state index in [9.17, 15) is 14.4 Å². The molecule has 0 aliphatic heterocycles. The van der Waals surface area contributed by atoms with E-state index in [0.717, 1.165) is 5.56 Å². The van der Waals surface area contributed by atoms with Gasteiger partial charge in [0.1, 0.15) is 5.75 Å². The quantitative estimate of drug-likeness (QED) is 0.396. The predicted octanol–water partition coefficient (Wildman–Crippen LogP) is 1.50. The highest BCUT2D eigenvalue weighted by Gasteiger charge is 2.11. The topological polar surface area (TPSA) is 106 Å². The Balaban J connectivity index is 1.76. The average Bonchev–Trinajstić information content (AvgIpc) is 2.70. The van der Waals surface area contributed by atoms with E-state index in [2.05, 4.69) is 20.9 Å². The van der Waals surface area contributed by atoms with Crippen molar-refractivity contribution in [2.24, 2.45) is 0 Å². The third-order valence-electron chi connectivity index (χ3n) is 3.47. The molecule has 2 rings (SSSR count). The Hall–Kier alpha value is -3.46. The number of methoxy groups -OCH3 is 1. The van der Waals surface area contributed by atoms with Gasteiger partial charge in [0.25, 0.3) is 11.8 Å². The van der Waals surface area contributed by atoms with Crippen molar-refractivity contribution >= 4 is 35.1 Å². The SMILES string of the molecule is COC(=O)c1ccc(C(=O)NC(=S)NNC(=O)COc2cccc(C)c2)cc1. The molecular formula is C19H19N3O5S. The fourth-order valence-corrected chi connectivity index (χ4v) is 2.24. The van der Waals surface area contributed by atoms with Gasteiger partial charge in [-0.3, -0.25) is 25.8 Å². The Morgan fingerprint density at radius 2 is 1.68 bits per heavy atom. The van der Waals surface area contributed by atoms with E-state index in [0.29, 0.717) is 11.3 Å². The van der Waals surface area contributed by atoms with Crippen molar-refractivity contribution in [3.05, 3.63) is 65.2 Å². The monoisotopic (exact) mass is 401 g/mol. The number of esters is 1. The van der Waals surface area contributed by atoms with Gasteiger partial charge in [0.15, 0.2) is 11.7 Å². The zero-order chi connectivity index (χ0) is 20.5. The number of thiocarbonyl (C=S) groups is 1. The van der Waals surface area contributed by atoms with Crippen LogP contribution in [0.15, 0.2) is 48.5 Å². The summed E-state index contributed by atoms with van der Waals surface area (Å²) in [5.41, 5.74) is 6.36. The molecule has 0 aromatic heterocycles. The van der Waals surface area contributed by atoms with Gasteiger partial charge < -0.3 is 9.47 Å². The fraction of sp³-hybridized carbons (Fsp3) is 0.158. The summed E-state index contributed by atoms with van der Waals surface area (Å²) in [6, 6.07) is 13.1. The highest BCUT2D eigenvalue weighted by molar-refractivity contribution is 7.80. The summed E-state index contributed by atoms with van der Waals surface area (Å²) in [6.45, 7) is 1.70. The molecular weight excluding hydrogens is 382 g/mol. The lowest BCUT2D eigenvalue weighted by Crippen LogP contribution is -2.49. The Morgan fingerprint density at radius 1 is 1.00 bits per heavy atom. The summed E-state index contributed by atoms with van der Waals surface area (Å²) in [5, 5.41) is 2.31. The lowest BCUT2D eigenvalue weighted by atomic mass is 10.1. The van der Waals surface area contributed by atoms with Crippen LogP contribution in [0.2, 0.25) is 0 Å². The van der Waals surface area contributed by atoms with E-state index in [1.54, 1.807) is 12.1 Å². The summed E-state index contributed by atoms with van der Waals surface area (Å²) in [5.74, 6) is -0.902. The second-order valence-electron chi connectivity index (χ2n) is 5.63. The maximum Gasteiger partial charge on any atom is 0.337 e. The normalized spacial score (nSPS) is 9.79. The number of hydrogen-bond donors (Lipinski definition) is 3. The summed E-state index contributed by atoms with van der Waals surface area (Å²) in [4.78, 5) is 35.3. The second-order valence-corrected chi connectivity index (χ2v) is 6.04. The lowest BCUT2D eigenvalue weighted by Gasteiger charge is -2.11. The molecule has 0 bridgehead atoms. The molecule has 3 N–H and O–H groups in total. The van der Waals surface area contributed by atoms with Gasteiger partial charge in [-0.25, -0.2) is 4.79 Å². The molecule has 0 radical (unpaired) electrons. The van der Waals surface area contributed by atoms with Crippen molar-refractivity contribution in [3.63, 3.8) is 0 Å². The van der Waals surface area contributed by atoms with Crippen molar-refractivity contribution in [2.75, 3.05) is 13.7 Å². The lowest BCUT2D eigenvalue weighted by molar-refractivity contribution is -0.123. The predicted molar refractivity (Wildman–Crippen MR) is 106 cm³/mol. The number of ether oxygens (including phenoxy) is 2. The van der Waals surface area contributed by atoms with Gasteiger partial charge in [-0.2, -0.15) is 0 Å². The first kappa shape index (κ1) is 20.8. The minimum atomic E-state index is -0.501. The molecule has 0 atom stereocenters.